The van der Waals surface area contributed by atoms with Crippen LogP contribution in [0.5, 0.6) is 0 Å². The van der Waals surface area contributed by atoms with Crippen LogP contribution in [0.15, 0.2) is 21.2 Å². The lowest BCUT2D eigenvalue weighted by Crippen LogP contribution is -1.79. The normalized spacial score (nSPS) is 10.0. The number of thiol groups is 1. The van der Waals surface area contributed by atoms with Gasteiger partial charge in [-0.2, -0.15) is 12.6 Å². The van der Waals surface area contributed by atoms with Gasteiger partial charge >= 0.3 is 0 Å². The summed E-state index contributed by atoms with van der Waals surface area (Å²) in [5, 5.41) is 0. The second-order valence-corrected chi connectivity index (χ2v) is 2.91. The van der Waals surface area contributed by atoms with Gasteiger partial charge in [0.2, 0.25) is 0 Å². The fourth-order valence-electron chi connectivity index (χ4n) is 0.596. The number of hydrogen-bond donors (Lipinski definition) is 1. The van der Waals surface area contributed by atoms with Gasteiger partial charge in [-0.05, 0) is 33.8 Å². The van der Waals surface area contributed by atoms with Gasteiger partial charge in [0.15, 0.2) is 4.67 Å². The molecule has 0 saturated heterocycles. The largest absolute Gasteiger partial charge is 0.454 e. The molecule has 9 heavy (non-hydrogen) atoms. The van der Waals surface area contributed by atoms with Crippen LogP contribution in [0.4, 0.5) is 0 Å². The Bertz CT molecular complexity index is 185. The first-order valence-electron chi connectivity index (χ1n) is 2.68. The Morgan fingerprint density at radius 1 is 1.56 bits per heavy atom. The summed E-state index contributed by atoms with van der Waals surface area (Å²) in [7, 11) is 0. The van der Waals surface area contributed by atoms with Crippen LogP contribution in [0.1, 0.15) is 5.76 Å². The van der Waals surface area contributed by atoms with Crippen molar-refractivity contribution in [2.45, 2.75) is 6.42 Å². The highest BCUT2D eigenvalue weighted by Gasteiger charge is 1.95. The molecule has 0 amide bonds. The van der Waals surface area contributed by atoms with Crippen molar-refractivity contribution in [2.75, 3.05) is 5.75 Å². The number of halogens is 1. The molecule has 1 heterocycles. The lowest BCUT2D eigenvalue weighted by Gasteiger charge is -1.86. The maximum atomic E-state index is 5.19. The molecule has 0 unspecified atom stereocenters. The molecule has 0 fully saturated rings. The quantitative estimate of drug-likeness (QED) is 0.735. The van der Waals surface area contributed by atoms with E-state index in [0.717, 1.165) is 22.6 Å². The van der Waals surface area contributed by atoms with E-state index in [1.165, 1.54) is 0 Å². The number of hydrogen-bond acceptors (Lipinski definition) is 2. The van der Waals surface area contributed by atoms with E-state index in [2.05, 4.69) is 28.6 Å². The van der Waals surface area contributed by atoms with Crippen LogP contribution in [-0.2, 0) is 6.42 Å². The van der Waals surface area contributed by atoms with Gasteiger partial charge in [-0.1, -0.05) is 0 Å². The minimum absolute atomic E-state index is 0.791. The van der Waals surface area contributed by atoms with Gasteiger partial charge in [-0.25, -0.2) is 0 Å². The third-order valence-corrected chi connectivity index (χ3v) is 1.64. The molecule has 0 aromatic carbocycles. The first-order chi connectivity index (χ1) is 4.33. The molecule has 0 aliphatic carbocycles. The smallest absolute Gasteiger partial charge is 0.169 e. The summed E-state index contributed by atoms with van der Waals surface area (Å²) in [6, 6.07) is 3.83. The zero-order valence-electron chi connectivity index (χ0n) is 4.80. The molecule has 50 valence electrons. The second-order valence-electron chi connectivity index (χ2n) is 1.68. The average molecular weight is 207 g/mol. The van der Waals surface area contributed by atoms with Crippen LogP contribution in [0.25, 0.3) is 0 Å². The van der Waals surface area contributed by atoms with Gasteiger partial charge in [-0.15, -0.1) is 0 Å². The fraction of sp³-hybridized carbons (Fsp3) is 0.333. The van der Waals surface area contributed by atoms with E-state index < -0.39 is 0 Å². The van der Waals surface area contributed by atoms with Crippen LogP contribution in [0.2, 0.25) is 0 Å². The summed E-state index contributed by atoms with van der Waals surface area (Å²) < 4.78 is 5.98. The Morgan fingerprint density at radius 3 is 2.78 bits per heavy atom. The summed E-state index contributed by atoms with van der Waals surface area (Å²) in [6.45, 7) is 0. The van der Waals surface area contributed by atoms with Crippen molar-refractivity contribution in [3.63, 3.8) is 0 Å². The van der Waals surface area contributed by atoms with Gasteiger partial charge in [0.25, 0.3) is 0 Å². The predicted molar refractivity (Wildman–Crippen MR) is 44.0 cm³/mol. The molecule has 1 nitrogen and oxygen atoms in total. The predicted octanol–water partition coefficient (Wildman–Crippen LogP) is 2.51. The molecule has 3 heteroatoms. The van der Waals surface area contributed by atoms with Gasteiger partial charge in [0, 0.05) is 6.42 Å². The molecule has 0 radical (unpaired) electrons. The minimum atomic E-state index is 0.791. The van der Waals surface area contributed by atoms with E-state index in [0.29, 0.717) is 0 Å². The Labute approximate surface area is 68.0 Å². The standard InChI is InChI=1S/C6H7BrOS/c7-6-2-1-5(8-6)3-4-9/h1-2,9H,3-4H2. The molecule has 0 aliphatic heterocycles. The minimum Gasteiger partial charge on any atom is -0.454 e. The molecule has 0 spiro atoms. The third-order valence-electron chi connectivity index (χ3n) is 0.987. The van der Waals surface area contributed by atoms with Gasteiger partial charge in [0.05, 0.1) is 0 Å². The van der Waals surface area contributed by atoms with Crippen LogP contribution >= 0.6 is 28.6 Å². The lowest BCUT2D eigenvalue weighted by molar-refractivity contribution is 0.495. The molecule has 1 aromatic heterocycles. The molecule has 0 bridgehead atoms. The topological polar surface area (TPSA) is 13.1 Å². The molecular formula is C6H7BrOS. The maximum absolute atomic E-state index is 5.19. The third kappa shape index (κ3) is 2.06. The molecule has 0 N–H and O–H groups in total. The van der Waals surface area contributed by atoms with Crippen molar-refractivity contribution in [3.8, 4) is 0 Å². The Morgan fingerprint density at radius 2 is 2.33 bits per heavy atom. The molecule has 0 aliphatic rings. The van der Waals surface area contributed by atoms with Gasteiger partial charge in [-0.3, -0.25) is 0 Å². The summed E-state index contributed by atoms with van der Waals surface area (Å²) in [6.07, 6.45) is 0.898. The van der Waals surface area contributed by atoms with E-state index in [-0.39, 0.29) is 0 Å². The van der Waals surface area contributed by atoms with Crippen molar-refractivity contribution in [1.29, 1.82) is 0 Å². The van der Waals surface area contributed by atoms with Gasteiger partial charge in [0.1, 0.15) is 5.76 Å². The molecular weight excluding hydrogens is 200 g/mol. The zero-order chi connectivity index (χ0) is 6.69. The summed E-state index contributed by atoms with van der Waals surface area (Å²) in [4.78, 5) is 0. The summed E-state index contributed by atoms with van der Waals surface area (Å²) in [5.74, 6) is 1.82. The van der Waals surface area contributed by atoms with E-state index in [1.807, 2.05) is 12.1 Å². The van der Waals surface area contributed by atoms with E-state index in [4.69, 9.17) is 4.42 Å². The maximum Gasteiger partial charge on any atom is 0.169 e. The van der Waals surface area contributed by atoms with Crippen molar-refractivity contribution < 1.29 is 4.42 Å². The average Bonchev–Trinajstić information content (AvgIpc) is 2.17. The van der Waals surface area contributed by atoms with E-state index >= 15 is 0 Å². The molecule has 0 saturated carbocycles. The summed E-state index contributed by atoms with van der Waals surface area (Å²) >= 11 is 7.28. The van der Waals surface area contributed by atoms with Crippen LogP contribution in [0, 0.1) is 0 Å². The Hall–Kier alpha value is 0.110. The first kappa shape index (κ1) is 7.22. The van der Waals surface area contributed by atoms with Crippen molar-refractivity contribution in [1.82, 2.24) is 0 Å². The molecule has 0 atom stereocenters. The fourth-order valence-corrected chi connectivity index (χ4v) is 1.16. The Balaban J connectivity index is 2.61. The lowest BCUT2D eigenvalue weighted by atomic mass is 10.4. The highest BCUT2D eigenvalue weighted by molar-refractivity contribution is 9.10. The monoisotopic (exact) mass is 206 g/mol. The SMILES string of the molecule is SCCc1ccc(Br)o1. The first-order valence-corrected chi connectivity index (χ1v) is 4.10. The Kier molecular flexibility index (Phi) is 2.66. The van der Waals surface area contributed by atoms with Gasteiger partial charge < -0.3 is 4.42 Å². The second kappa shape index (κ2) is 3.32. The van der Waals surface area contributed by atoms with Crippen molar-refractivity contribution in [2.24, 2.45) is 0 Å². The highest BCUT2D eigenvalue weighted by atomic mass is 79.9. The van der Waals surface area contributed by atoms with Crippen molar-refractivity contribution in [3.05, 3.63) is 22.6 Å². The molecule has 1 aromatic rings. The van der Waals surface area contributed by atoms with E-state index in [1.54, 1.807) is 0 Å². The number of aryl methyl sites for hydroxylation is 1. The number of furan rings is 1. The van der Waals surface area contributed by atoms with Crippen LogP contribution in [0.3, 0.4) is 0 Å². The highest BCUT2D eigenvalue weighted by Crippen LogP contribution is 2.14. The van der Waals surface area contributed by atoms with Crippen LogP contribution < -0.4 is 0 Å². The van der Waals surface area contributed by atoms with Crippen molar-refractivity contribution >= 4 is 28.6 Å². The van der Waals surface area contributed by atoms with Crippen LogP contribution in [-0.4, -0.2) is 5.75 Å². The number of rotatable bonds is 2. The molecule has 1 rings (SSSR count). The summed E-state index contributed by atoms with van der Waals surface area (Å²) in [5.41, 5.74) is 0. The van der Waals surface area contributed by atoms with E-state index in [9.17, 15) is 0 Å². The zero-order valence-corrected chi connectivity index (χ0v) is 7.28.